The van der Waals surface area contributed by atoms with Crippen LogP contribution in [-0.2, 0) is 10.0 Å². The molecule has 11 heteroatoms. The Morgan fingerprint density at radius 3 is 2.58 bits per heavy atom. The van der Waals surface area contributed by atoms with Crippen LogP contribution in [0.25, 0.3) is 5.69 Å². The van der Waals surface area contributed by atoms with Gasteiger partial charge in [0.15, 0.2) is 5.69 Å². The van der Waals surface area contributed by atoms with Crippen LogP contribution in [0.5, 0.6) is 0 Å². The van der Waals surface area contributed by atoms with Crippen molar-refractivity contribution in [3.63, 3.8) is 0 Å². The average Bonchev–Trinajstić information content (AvgIpc) is 3.31. The minimum absolute atomic E-state index is 0.0857. The molecule has 2 heterocycles. The van der Waals surface area contributed by atoms with E-state index in [0.717, 1.165) is 19.3 Å². The molecule has 1 aromatic heterocycles. The number of piperidine rings is 1. The Bertz CT molecular complexity index is 1310. The highest BCUT2D eigenvalue weighted by atomic mass is 32.2. The fourth-order valence-electron chi connectivity index (χ4n) is 3.73. The van der Waals surface area contributed by atoms with Gasteiger partial charge in [-0.25, -0.2) is 13.1 Å². The van der Waals surface area contributed by atoms with Crippen LogP contribution >= 0.6 is 0 Å². The van der Waals surface area contributed by atoms with Crippen LogP contribution in [0, 0.1) is 17.0 Å². The van der Waals surface area contributed by atoms with Gasteiger partial charge >= 0.3 is 0 Å². The van der Waals surface area contributed by atoms with E-state index in [9.17, 15) is 23.3 Å². The van der Waals surface area contributed by atoms with E-state index < -0.39 is 20.9 Å². The summed E-state index contributed by atoms with van der Waals surface area (Å²) >= 11 is 0. The Morgan fingerprint density at radius 1 is 1.09 bits per heavy atom. The molecule has 4 rings (SSSR count). The lowest BCUT2D eigenvalue weighted by Crippen LogP contribution is -2.36. The first-order valence-electron chi connectivity index (χ1n) is 10.5. The summed E-state index contributed by atoms with van der Waals surface area (Å²) in [6.45, 7) is 2.71. The molecule has 0 unspecified atom stereocenters. The number of anilines is 1. The molecule has 0 atom stereocenters. The molecule has 1 N–H and O–H groups in total. The molecule has 10 nitrogen and oxygen atoms in total. The number of nitrogens with one attached hydrogen (secondary N) is 1. The first-order valence-corrected chi connectivity index (χ1v) is 11.9. The van der Waals surface area contributed by atoms with Crippen LogP contribution < -0.4 is 5.32 Å². The number of non-ortho nitro benzene ring substituents is 1. The maximum absolute atomic E-state index is 13.1. The SMILES string of the molecule is Cc1ccc(NC(=O)c2ccn(-c3cccc([N+](=O)[O-])c3)n2)cc1S(=O)(=O)N1CCCCC1. The largest absolute Gasteiger partial charge is 0.321 e. The van der Waals surface area contributed by atoms with Gasteiger partial charge in [-0.1, -0.05) is 18.6 Å². The minimum atomic E-state index is -3.65. The lowest BCUT2D eigenvalue weighted by molar-refractivity contribution is -0.384. The Kier molecular flexibility index (Phi) is 6.25. The highest BCUT2D eigenvalue weighted by molar-refractivity contribution is 7.89. The van der Waals surface area contributed by atoms with Crippen LogP contribution in [-0.4, -0.2) is 46.4 Å². The summed E-state index contributed by atoms with van der Waals surface area (Å²) in [6, 6.07) is 12.1. The third-order valence-corrected chi connectivity index (χ3v) is 7.55. The molecule has 1 amide bonds. The second kappa shape index (κ2) is 9.12. The summed E-state index contributed by atoms with van der Waals surface area (Å²) in [4.78, 5) is 23.4. The summed E-state index contributed by atoms with van der Waals surface area (Å²) in [6.07, 6.45) is 4.21. The van der Waals surface area contributed by atoms with Gasteiger partial charge in [0.1, 0.15) is 0 Å². The third-order valence-electron chi connectivity index (χ3n) is 5.51. The molecule has 1 fully saturated rings. The van der Waals surface area contributed by atoms with Gasteiger partial charge in [0.2, 0.25) is 10.0 Å². The summed E-state index contributed by atoms with van der Waals surface area (Å²) < 4.78 is 29.1. The van der Waals surface area contributed by atoms with Crippen molar-refractivity contribution >= 4 is 27.3 Å². The maximum Gasteiger partial charge on any atom is 0.276 e. The van der Waals surface area contributed by atoms with Crippen molar-refractivity contribution in [2.75, 3.05) is 18.4 Å². The number of benzene rings is 2. The van der Waals surface area contributed by atoms with Crippen LogP contribution in [0.15, 0.2) is 59.6 Å². The van der Waals surface area contributed by atoms with E-state index in [2.05, 4.69) is 10.4 Å². The van der Waals surface area contributed by atoms with E-state index >= 15 is 0 Å². The van der Waals surface area contributed by atoms with E-state index in [1.807, 2.05) is 0 Å². The number of hydrogen-bond acceptors (Lipinski definition) is 6. The van der Waals surface area contributed by atoms with Gasteiger partial charge in [-0.15, -0.1) is 0 Å². The quantitative estimate of drug-likeness (QED) is 0.435. The smallest absolute Gasteiger partial charge is 0.276 e. The molecule has 0 saturated carbocycles. The first kappa shape index (κ1) is 22.6. The number of carbonyl (C=O) groups is 1. The molecule has 0 spiro atoms. The monoisotopic (exact) mass is 469 g/mol. The predicted octanol–water partition coefficient (Wildman–Crippen LogP) is 3.52. The van der Waals surface area contributed by atoms with Crippen LogP contribution in [0.1, 0.15) is 35.3 Å². The molecular weight excluding hydrogens is 446 g/mol. The lowest BCUT2D eigenvalue weighted by Gasteiger charge is -2.26. The first-order chi connectivity index (χ1) is 15.8. The average molecular weight is 470 g/mol. The molecule has 172 valence electrons. The summed E-state index contributed by atoms with van der Waals surface area (Å²) in [5.74, 6) is -0.524. The zero-order valence-corrected chi connectivity index (χ0v) is 18.8. The van der Waals surface area contributed by atoms with Gasteiger partial charge < -0.3 is 5.32 Å². The van der Waals surface area contributed by atoms with Gasteiger partial charge in [0, 0.05) is 37.1 Å². The molecule has 0 radical (unpaired) electrons. The molecule has 33 heavy (non-hydrogen) atoms. The van der Waals surface area contributed by atoms with Crippen molar-refractivity contribution in [2.24, 2.45) is 0 Å². The van der Waals surface area contributed by atoms with Crippen molar-refractivity contribution < 1.29 is 18.1 Å². The highest BCUT2D eigenvalue weighted by Crippen LogP contribution is 2.26. The Hall–Kier alpha value is -3.57. The third kappa shape index (κ3) is 4.78. The maximum atomic E-state index is 13.1. The molecule has 1 aliphatic rings. The van der Waals surface area contributed by atoms with Crippen molar-refractivity contribution in [1.29, 1.82) is 0 Å². The van der Waals surface area contributed by atoms with E-state index in [1.165, 1.54) is 45.5 Å². The van der Waals surface area contributed by atoms with Crippen molar-refractivity contribution in [3.05, 3.63) is 76.1 Å². The minimum Gasteiger partial charge on any atom is -0.321 e. The van der Waals surface area contributed by atoms with Gasteiger partial charge in [-0.3, -0.25) is 14.9 Å². The van der Waals surface area contributed by atoms with Gasteiger partial charge in [0.05, 0.1) is 15.5 Å². The predicted molar refractivity (Wildman–Crippen MR) is 122 cm³/mol. The second-order valence-electron chi connectivity index (χ2n) is 7.82. The van der Waals surface area contributed by atoms with Crippen LogP contribution in [0.2, 0.25) is 0 Å². The van der Waals surface area contributed by atoms with Crippen LogP contribution in [0.3, 0.4) is 0 Å². The highest BCUT2D eigenvalue weighted by Gasteiger charge is 2.27. The number of rotatable bonds is 6. The molecule has 3 aromatic rings. The number of carbonyl (C=O) groups excluding carboxylic acids is 1. The second-order valence-corrected chi connectivity index (χ2v) is 9.73. The zero-order valence-electron chi connectivity index (χ0n) is 18.0. The fraction of sp³-hybridized carbons (Fsp3) is 0.273. The molecule has 1 aliphatic heterocycles. The standard InChI is InChI=1S/C22H23N5O5S/c1-16-8-9-17(14-21(16)33(31,32)25-11-3-2-4-12-25)23-22(28)20-10-13-26(24-20)18-6-5-7-19(15-18)27(29)30/h5-10,13-15H,2-4,11-12H2,1H3,(H,23,28). The Labute approximate surface area is 191 Å². The summed E-state index contributed by atoms with van der Waals surface area (Å²) in [5, 5.41) is 17.9. The zero-order chi connectivity index (χ0) is 23.6. The van der Waals surface area contributed by atoms with Gasteiger partial charge in [-0.05, 0) is 49.6 Å². The molecule has 0 bridgehead atoms. The van der Waals surface area contributed by atoms with E-state index in [1.54, 1.807) is 25.1 Å². The number of nitro groups is 1. The number of nitro benzene ring substituents is 1. The summed E-state index contributed by atoms with van der Waals surface area (Å²) in [5.41, 5.74) is 1.38. The van der Waals surface area contributed by atoms with E-state index in [4.69, 9.17) is 0 Å². The number of amides is 1. The van der Waals surface area contributed by atoms with Crippen molar-refractivity contribution in [1.82, 2.24) is 14.1 Å². The van der Waals surface area contributed by atoms with E-state index in [0.29, 0.717) is 30.0 Å². The number of hydrogen-bond donors (Lipinski definition) is 1. The number of nitrogens with zero attached hydrogens (tertiary/aromatic N) is 4. The number of aromatic nitrogens is 2. The molecule has 1 saturated heterocycles. The van der Waals surface area contributed by atoms with Crippen LogP contribution in [0.4, 0.5) is 11.4 Å². The van der Waals surface area contributed by atoms with Gasteiger partial charge in [0.25, 0.3) is 11.6 Å². The van der Waals surface area contributed by atoms with E-state index in [-0.39, 0.29) is 16.3 Å². The summed E-state index contributed by atoms with van der Waals surface area (Å²) in [7, 11) is -3.65. The fourth-order valence-corrected chi connectivity index (χ4v) is 5.50. The molecule has 0 aliphatic carbocycles. The lowest BCUT2D eigenvalue weighted by atomic mass is 10.2. The van der Waals surface area contributed by atoms with Crippen molar-refractivity contribution in [3.8, 4) is 5.69 Å². The Morgan fingerprint density at radius 2 is 1.85 bits per heavy atom. The molecular formula is C22H23N5O5S. The number of sulfonamides is 1. The normalized spacial score (nSPS) is 14.7. The Balaban J connectivity index is 1.54. The molecule has 2 aromatic carbocycles. The van der Waals surface area contributed by atoms with Gasteiger partial charge in [-0.2, -0.15) is 9.40 Å². The number of aryl methyl sites for hydroxylation is 1. The topological polar surface area (TPSA) is 127 Å². The van der Waals surface area contributed by atoms with Crippen molar-refractivity contribution in [2.45, 2.75) is 31.1 Å².